The zero-order valence-corrected chi connectivity index (χ0v) is 16.1. The molecule has 0 spiro atoms. The molecule has 0 unspecified atom stereocenters. The van der Waals surface area contributed by atoms with Gasteiger partial charge in [0.15, 0.2) is 5.76 Å². The first-order valence-corrected chi connectivity index (χ1v) is 9.25. The van der Waals surface area contributed by atoms with Gasteiger partial charge in [-0.15, -0.1) is 0 Å². The summed E-state index contributed by atoms with van der Waals surface area (Å²) in [5, 5.41) is 4.37. The lowest BCUT2D eigenvalue weighted by Crippen LogP contribution is -2.48. The molecule has 0 bridgehead atoms. The number of furan rings is 1. The number of rotatable bonds is 5. The predicted octanol–water partition coefficient (Wildman–Crippen LogP) is 2.58. The zero-order chi connectivity index (χ0) is 19.4. The Balaban J connectivity index is 1.75. The molecule has 8 heteroatoms. The number of likely N-dealkylation sites (tertiary alicyclic amines) is 1. The maximum Gasteiger partial charge on any atom is 0.409 e. The van der Waals surface area contributed by atoms with Crippen molar-refractivity contribution in [3.8, 4) is 0 Å². The summed E-state index contributed by atoms with van der Waals surface area (Å²) < 4.78 is 12.2. The second-order valence-electron chi connectivity index (χ2n) is 6.73. The van der Waals surface area contributed by atoms with Gasteiger partial charge in [0.05, 0.1) is 30.8 Å². The van der Waals surface area contributed by atoms with Crippen LogP contribution in [0.25, 0.3) is 0 Å². The molecular weight excluding hydrogens is 348 g/mol. The van der Waals surface area contributed by atoms with Gasteiger partial charge in [-0.25, -0.2) is 4.79 Å². The van der Waals surface area contributed by atoms with Gasteiger partial charge in [0.25, 0.3) is 5.91 Å². The molecule has 27 heavy (non-hydrogen) atoms. The summed E-state index contributed by atoms with van der Waals surface area (Å²) in [7, 11) is 1.88. The van der Waals surface area contributed by atoms with E-state index in [0.717, 1.165) is 11.4 Å². The molecule has 2 amide bonds. The van der Waals surface area contributed by atoms with Crippen molar-refractivity contribution in [3.63, 3.8) is 0 Å². The van der Waals surface area contributed by atoms with Crippen LogP contribution in [0.3, 0.4) is 0 Å². The smallest absolute Gasteiger partial charge is 0.409 e. The van der Waals surface area contributed by atoms with Crippen molar-refractivity contribution in [1.82, 2.24) is 19.6 Å². The van der Waals surface area contributed by atoms with Crippen LogP contribution in [0, 0.1) is 6.92 Å². The molecule has 1 saturated heterocycles. The SMILES string of the molecule is CCOC(=O)N1CCC(N(Cc2cc(C)nn2C)C(=O)c2ccco2)CC1. The first kappa shape index (κ1) is 19.0. The second kappa shape index (κ2) is 8.28. The number of hydrogen-bond acceptors (Lipinski definition) is 5. The molecule has 1 aliphatic heterocycles. The minimum atomic E-state index is -0.290. The maximum absolute atomic E-state index is 13.0. The Morgan fingerprint density at radius 2 is 2.11 bits per heavy atom. The Hall–Kier alpha value is -2.77. The Kier molecular flexibility index (Phi) is 5.83. The molecule has 0 N–H and O–H groups in total. The van der Waals surface area contributed by atoms with Crippen LogP contribution in [0.2, 0.25) is 0 Å². The fourth-order valence-corrected chi connectivity index (χ4v) is 3.47. The minimum Gasteiger partial charge on any atom is -0.459 e. The number of carbonyl (C=O) groups is 2. The van der Waals surface area contributed by atoms with Gasteiger partial charge in [0.1, 0.15) is 0 Å². The molecule has 0 radical (unpaired) electrons. The quantitative estimate of drug-likeness (QED) is 0.803. The van der Waals surface area contributed by atoms with Crippen LogP contribution in [-0.2, 0) is 18.3 Å². The van der Waals surface area contributed by atoms with Gasteiger partial charge in [0, 0.05) is 26.2 Å². The fourth-order valence-electron chi connectivity index (χ4n) is 3.47. The van der Waals surface area contributed by atoms with E-state index >= 15 is 0 Å². The summed E-state index contributed by atoms with van der Waals surface area (Å²) in [6, 6.07) is 5.39. The molecule has 146 valence electrons. The Morgan fingerprint density at radius 1 is 1.37 bits per heavy atom. The summed E-state index contributed by atoms with van der Waals surface area (Å²) in [5.41, 5.74) is 1.87. The molecule has 3 heterocycles. The third-order valence-corrected chi connectivity index (χ3v) is 4.86. The highest BCUT2D eigenvalue weighted by Gasteiger charge is 2.32. The van der Waals surface area contributed by atoms with E-state index in [0.29, 0.717) is 44.8 Å². The first-order valence-electron chi connectivity index (χ1n) is 9.25. The van der Waals surface area contributed by atoms with E-state index in [-0.39, 0.29) is 18.0 Å². The zero-order valence-electron chi connectivity index (χ0n) is 16.1. The average Bonchev–Trinajstić information content (AvgIpc) is 3.29. The number of carbonyl (C=O) groups excluding carboxylic acids is 2. The van der Waals surface area contributed by atoms with Gasteiger partial charge in [-0.2, -0.15) is 5.10 Å². The standard InChI is InChI=1S/C19H26N4O4/c1-4-26-19(25)22-9-7-15(8-10-22)23(18(24)17-6-5-11-27-17)13-16-12-14(2)20-21(16)3/h5-6,11-12,15H,4,7-10,13H2,1-3H3. The fraction of sp³-hybridized carbons (Fsp3) is 0.526. The summed E-state index contributed by atoms with van der Waals surface area (Å²) in [5.74, 6) is 0.176. The first-order chi connectivity index (χ1) is 13.0. The normalized spacial score (nSPS) is 15.0. The van der Waals surface area contributed by atoms with Gasteiger partial charge in [-0.3, -0.25) is 9.48 Å². The Bertz CT molecular complexity index is 776. The lowest BCUT2D eigenvalue weighted by atomic mass is 10.0. The van der Waals surface area contributed by atoms with Gasteiger partial charge in [0.2, 0.25) is 0 Å². The van der Waals surface area contributed by atoms with E-state index in [1.54, 1.807) is 28.6 Å². The Morgan fingerprint density at radius 3 is 2.67 bits per heavy atom. The minimum absolute atomic E-state index is 0.0171. The molecule has 0 atom stereocenters. The molecule has 2 aromatic heterocycles. The van der Waals surface area contributed by atoms with E-state index in [4.69, 9.17) is 9.15 Å². The highest BCUT2D eigenvalue weighted by molar-refractivity contribution is 5.91. The number of hydrogen-bond donors (Lipinski definition) is 0. The van der Waals surface area contributed by atoms with Gasteiger partial charge < -0.3 is 19.0 Å². The highest BCUT2D eigenvalue weighted by Crippen LogP contribution is 2.22. The number of ether oxygens (including phenoxy) is 1. The lowest BCUT2D eigenvalue weighted by molar-refractivity contribution is 0.0484. The summed E-state index contributed by atoms with van der Waals surface area (Å²) in [6.07, 6.45) is 2.61. The predicted molar refractivity (Wildman–Crippen MR) is 98.1 cm³/mol. The molecule has 1 fully saturated rings. The average molecular weight is 374 g/mol. The highest BCUT2D eigenvalue weighted by atomic mass is 16.6. The van der Waals surface area contributed by atoms with Crippen LogP contribution in [0.15, 0.2) is 28.9 Å². The maximum atomic E-state index is 13.0. The van der Waals surface area contributed by atoms with Crippen LogP contribution < -0.4 is 0 Å². The number of aryl methyl sites for hydroxylation is 2. The number of amides is 2. The Labute approximate surface area is 158 Å². The van der Waals surface area contributed by atoms with Crippen LogP contribution in [-0.4, -0.2) is 57.3 Å². The lowest BCUT2D eigenvalue weighted by Gasteiger charge is -2.37. The molecule has 8 nitrogen and oxygen atoms in total. The van der Waals surface area contributed by atoms with Gasteiger partial charge >= 0.3 is 6.09 Å². The third-order valence-electron chi connectivity index (χ3n) is 4.86. The van der Waals surface area contributed by atoms with Crippen molar-refractivity contribution in [2.45, 2.75) is 39.3 Å². The van der Waals surface area contributed by atoms with Crippen molar-refractivity contribution < 1.29 is 18.7 Å². The van der Waals surface area contributed by atoms with Crippen molar-refractivity contribution in [2.75, 3.05) is 19.7 Å². The third kappa shape index (κ3) is 4.32. The van der Waals surface area contributed by atoms with E-state index < -0.39 is 0 Å². The second-order valence-corrected chi connectivity index (χ2v) is 6.73. The monoisotopic (exact) mass is 374 g/mol. The van der Waals surface area contributed by atoms with Gasteiger partial charge in [-0.1, -0.05) is 0 Å². The van der Waals surface area contributed by atoms with Gasteiger partial charge in [-0.05, 0) is 44.9 Å². The van der Waals surface area contributed by atoms with Crippen molar-refractivity contribution in [1.29, 1.82) is 0 Å². The van der Waals surface area contributed by atoms with Crippen LogP contribution in [0.5, 0.6) is 0 Å². The molecule has 2 aromatic rings. The van der Waals surface area contributed by atoms with E-state index in [2.05, 4.69) is 5.10 Å². The van der Waals surface area contributed by atoms with Crippen LogP contribution in [0.4, 0.5) is 4.79 Å². The summed E-state index contributed by atoms with van der Waals surface area (Å²) in [6.45, 7) is 5.67. The molecule has 1 aliphatic rings. The molecular formula is C19H26N4O4. The van der Waals surface area contributed by atoms with E-state index in [9.17, 15) is 9.59 Å². The van der Waals surface area contributed by atoms with Crippen molar-refractivity contribution >= 4 is 12.0 Å². The van der Waals surface area contributed by atoms with E-state index in [1.165, 1.54) is 6.26 Å². The largest absolute Gasteiger partial charge is 0.459 e. The summed E-state index contributed by atoms with van der Waals surface area (Å²) >= 11 is 0. The van der Waals surface area contributed by atoms with E-state index in [1.807, 2.05) is 24.9 Å². The van der Waals surface area contributed by atoms with Crippen molar-refractivity contribution in [2.24, 2.45) is 7.05 Å². The molecule has 0 saturated carbocycles. The number of aromatic nitrogens is 2. The molecule has 3 rings (SSSR count). The summed E-state index contributed by atoms with van der Waals surface area (Å²) in [4.78, 5) is 28.5. The molecule has 0 aromatic carbocycles. The van der Waals surface area contributed by atoms with Crippen molar-refractivity contribution in [3.05, 3.63) is 41.6 Å². The topological polar surface area (TPSA) is 80.8 Å². The van der Waals surface area contributed by atoms with Crippen LogP contribution >= 0.6 is 0 Å². The number of piperidine rings is 1. The number of nitrogens with zero attached hydrogens (tertiary/aromatic N) is 4. The molecule has 0 aliphatic carbocycles. The van der Waals surface area contributed by atoms with Crippen LogP contribution in [0.1, 0.15) is 41.7 Å².